The molecule has 1 aromatic rings. The largest absolute Gasteiger partial charge is 0.316 e. The van der Waals surface area contributed by atoms with Crippen molar-refractivity contribution in [2.24, 2.45) is 0 Å². The molecule has 1 aromatic carbocycles. The molecule has 0 spiro atoms. The van der Waals surface area contributed by atoms with E-state index in [4.69, 9.17) is 0 Å². The van der Waals surface area contributed by atoms with E-state index in [2.05, 4.69) is 27.8 Å². The number of carbonyl (C=O) groups is 2. The summed E-state index contributed by atoms with van der Waals surface area (Å²) in [7, 11) is 1.82. The Morgan fingerprint density at radius 2 is 2.11 bits per heavy atom. The van der Waals surface area contributed by atoms with E-state index < -0.39 is 11.7 Å². The number of nitrogens with one attached hydrogen (secondary N) is 1. The summed E-state index contributed by atoms with van der Waals surface area (Å²) >= 11 is 3.35. The zero-order valence-electron chi connectivity index (χ0n) is 10.9. The molecule has 4 nitrogen and oxygen atoms in total. The molecule has 100 valence electrons. The Morgan fingerprint density at radius 3 is 2.74 bits per heavy atom. The highest BCUT2D eigenvalue weighted by Crippen LogP contribution is 2.35. The molecular weight excluding hydrogens is 308 g/mol. The molecule has 1 amide bonds. The van der Waals surface area contributed by atoms with E-state index in [0.29, 0.717) is 24.3 Å². The molecule has 1 heterocycles. The first kappa shape index (κ1) is 14.0. The van der Waals surface area contributed by atoms with Gasteiger partial charge in [0.1, 0.15) is 0 Å². The van der Waals surface area contributed by atoms with Gasteiger partial charge in [-0.2, -0.15) is 0 Å². The van der Waals surface area contributed by atoms with Gasteiger partial charge in [-0.05, 0) is 37.2 Å². The van der Waals surface area contributed by atoms with Gasteiger partial charge in [0.25, 0.3) is 11.7 Å². The Morgan fingerprint density at radius 1 is 1.42 bits per heavy atom. The summed E-state index contributed by atoms with van der Waals surface area (Å²) in [4.78, 5) is 25.6. The smallest absolute Gasteiger partial charge is 0.299 e. The van der Waals surface area contributed by atoms with Gasteiger partial charge in [-0.3, -0.25) is 9.59 Å². The van der Waals surface area contributed by atoms with Crippen LogP contribution in [-0.4, -0.2) is 31.8 Å². The van der Waals surface area contributed by atoms with Gasteiger partial charge in [-0.25, -0.2) is 0 Å². The normalized spacial score (nSPS) is 13.9. The Balaban J connectivity index is 2.41. The van der Waals surface area contributed by atoms with E-state index in [1.807, 2.05) is 20.0 Å². The SMILES string of the molecule is C=C(CNC)CN1C(=O)C(=O)c2cc(Br)cc(C)c21. The van der Waals surface area contributed by atoms with E-state index in [0.717, 1.165) is 15.6 Å². The van der Waals surface area contributed by atoms with E-state index >= 15 is 0 Å². The molecule has 0 saturated carbocycles. The number of fused-ring (bicyclic) bond motifs is 1. The van der Waals surface area contributed by atoms with Crippen LogP contribution in [0.4, 0.5) is 5.69 Å². The zero-order valence-corrected chi connectivity index (χ0v) is 12.5. The molecular formula is C14H15BrN2O2. The van der Waals surface area contributed by atoms with Crippen molar-refractivity contribution in [1.82, 2.24) is 5.32 Å². The molecule has 0 fully saturated rings. The van der Waals surface area contributed by atoms with Crippen LogP contribution in [0.25, 0.3) is 0 Å². The Hall–Kier alpha value is -1.46. The monoisotopic (exact) mass is 322 g/mol. The minimum absolute atomic E-state index is 0.362. The van der Waals surface area contributed by atoms with E-state index in [1.54, 1.807) is 6.07 Å². The van der Waals surface area contributed by atoms with Gasteiger partial charge < -0.3 is 10.2 Å². The van der Waals surface area contributed by atoms with Crippen LogP contribution in [0.15, 0.2) is 28.8 Å². The maximum Gasteiger partial charge on any atom is 0.299 e. The molecule has 0 aliphatic carbocycles. The van der Waals surface area contributed by atoms with Crippen molar-refractivity contribution in [3.63, 3.8) is 0 Å². The quantitative estimate of drug-likeness (QED) is 0.682. The fourth-order valence-electron chi connectivity index (χ4n) is 2.29. The molecule has 1 N–H and O–H groups in total. The summed E-state index contributed by atoms with van der Waals surface area (Å²) < 4.78 is 0.806. The third-order valence-electron chi connectivity index (χ3n) is 3.03. The number of benzene rings is 1. The van der Waals surface area contributed by atoms with Crippen molar-refractivity contribution in [3.05, 3.63) is 39.9 Å². The van der Waals surface area contributed by atoms with Crippen molar-refractivity contribution in [2.75, 3.05) is 25.0 Å². The van der Waals surface area contributed by atoms with Crippen LogP contribution >= 0.6 is 15.9 Å². The maximum absolute atomic E-state index is 12.1. The van der Waals surface area contributed by atoms with Gasteiger partial charge in [-0.1, -0.05) is 22.5 Å². The predicted molar refractivity (Wildman–Crippen MR) is 78.6 cm³/mol. The van der Waals surface area contributed by atoms with Gasteiger partial charge in [0.2, 0.25) is 0 Å². The molecule has 5 heteroatoms. The Bertz CT molecular complexity index is 581. The van der Waals surface area contributed by atoms with Crippen LogP contribution < -0.4 is 10.2 Å². The summed E-state index contributed by atoms with van der Waals surface area (Å²) in [6, 6.07) is 3.60. The lowest BCUT2D eigenvalue weighted by atomic mass is 10.1. The van der Waals surface area contributed by atoms with Crippen molar-refractivity contribution in [3.8, 4) is 0 Å². The second kappa shape index (κ2) is 5.27. The lowest BCUT2D eigenvalue weighted by molar-refractivity contribution is -0.114. The molecule has 0 aromatic heterocycles. The average Bonchev–Trinajstić information content (AvgIpc) is 2.55. The maximum atomic E-state index is 12.1. The van der Waals surface area contributed by atoms with Crippen LogP contribution in [0, 0.1) is 6.92 Å². The first-order valence-corrected chi connectivity index (χ1v) is 6.72. The lowest BCUT2D eigenvalue weighted by Crippen LogP contribution is -2.33. The topological polar surface area (TPSA) is 49.4 Å². The van der Waals surface area contributed by atoms with Crippen LogP contribution in [0.2, 0.25) is 0 Å². The fraction of sp³-hybridized carbons (Fsp3) is 0.286. The number of Topliss-reactive ketones (excluding diaryl/α,β-unsaturated/α-hetero) is 1. The van der Waals surface area contributed by atoms with Gasteiger partial charge in [-0.15, -0.1) is 0 Å². The third-order valence-corrected chi connectivity index (χ3v) is 3.49. The Kier molecular flexibility index (Phi) is 3.87. The number of aryl methyl sites for hydroxylation is 1. The number of carbonyl (C=O) groups excluding carboxylic acids is 2. The van der Waals surface area contributed by atoms with Crippen molar-refractivity contribution in [2.45, 2.75) is 6.92 Å². The van der Waals surface area contributed by atoms with Gasteiger partial charge in [0.05, 0.1) is 11.3 Å². The first-order valence-electron chi connectivity index (χ1n) is 5.93. The number of hydrogen-bond acceptors (Lipinski definition) is 3. The molecule has 0 saturated heterocycles. The number of rotatable bonds is 4. The predicted octanol–water partition coefficient (Wildman–Crippen LogP) is 2.06. The summed E-state index contributed by atoms with van der Waals surface area (Å²) in [5.41, 5.74) is 2.93. The van der Waals surface area contributed by atoms with Crippen LogP contribution in [-0.2, 0) is 4.79 Å². The molecule has 0 unspecified atom stereocenters. The Labute approximate surface area is 120 Å². The number of anilines is 1. The van der Waals surface area contributed by atoms with Gasteiger partial charge >= 0.3 is 0 Å². The van der Waals surface area contributed by atoms with Crippen molar-refractivity contribution < 1.29 is 9.59 Å². The molecule has 1 aliphatic rings. The number of nitrogens with zero attached hydrogens (tertiary/aromatic N) is 1. The molecule has 0 atom stereocenters. The summed E-state index contributed by atoms with van der Waals surface area (Å²) in [5.74, 6) is -0.926. The lowest BCUT2D eigenvalue weighted by Gasteiger charge is -2.19. The van der Waals surface area contributed by atoms with Crippen molar-refractivity contribution >= 4 is 33.3 Å². The van der Waals surface area contributed by atoms with E-state index in [9.17, 15) is 9.59 Å². The minimum Gasteiger partial charge on any atom is -0.316 e. The highest BCUT2D eigenvalue weighted by atomic mass is 79.9. The van der Waals surface area contributed by atoms with Crippen LogP contribution in [0.3, 0.4) is 0 Å². The third kappa shape index (κ3) is 2.48. The molecule has 1 aliphatic heterocycles. The highest BCUT2D eigenvalue weighted by molar-refractivity contribution is 9.10. The number of amides is 1. The second-order valence-electron chi connectivity index (χ2n) is 4.62. The molecule has 0 bridgehead atoms. The summed E-state index contributed by atoms with van der Waals surface area (Å²) in [6.45, 7) is 6.78. The minimum atomic E-state index is -0.478. The number of halogens is 1. The highest BCUT2D eigenvalue weighted by Gasteiger charge is 2.37. The zero-order chi connectivity index (χ0) is 14.2. The summed E-state index contributed by atoms with van der Waals surface area (Å²) in [6.07, 6.45) is 0. The van der Waals surface area contributed by atoms with E-state index in [-0.39, 0.29) is 0 Å². The van der Waals surface area contributed by atoms with E-state index in [1.165, 1.54) is 4.90 Å². The van der Waals surface area contributed by atoms with Gasteiger partial charge in [0.15, 0.2) is 0 Å². The second-order valence-corrected chi connectivity index (χ2v) is 5.54. The standard InChI is InChI=1S/C14H15BrN2O2/c1-8(6-16-3)7-17-12-9(2)4-10(15)5-11(12)13(18)14(17)19/h4-5,16H,1,6-7H2,2-3H3. The molecule has 2 rings (SSSR count). The van der Waals surface area contributed by atoms with Crippen LogP contribution in [0.5, 0.6) is 0 Å². The van der Waals surface area contributed by atoms with Gasteiger partial charge in [0, 0.05) is 17.6 Å². The average molecular weight is 323 g/mol. The molecule has 0 radical (unpaired) electrons. The fourth-order valence-corrected chi connectivity index (χ4v) is 2.86. The molecule has 19 heavy (non-hydrogen) atoms. The first-order chi connectivity index (χ1) is 8.95. The van der Waals surface area contributed by atoms with Crippen LogP contribution in [0.1, 0.15) is 15.9 Å². The summed E-state index contributed by atoms with van der Waals surface area (Å²) in [5, 5.41) is 2.99. The number of likely N-dealkylation sites (N-methyl/N-ethyl adjacent to an activating group) is 1. The van der Waals surface area contributed by atoms with Crippen molar-refractivity contribution in [1.29, 1.82) is 0 Å². The number of hydrogen-bond donors (Lipinski definition) is 1. The number of ketones is 1.